The third-order valence-electron chi connectivity index (χ3n) is 5.04. The summed E-state index contributed by atoms with van der Waals surface area (Å²) in [5.74, 6) is -0.846. The average molecular weight is 367 g/mol. The first-order valence-corrected chi connectivity index (χ1v) is 8.29. The van der Waals surface area contributed by atoms with E-state index < -0.39 is 17.6 Å². The van der Waals surface area contributed by atoms with Gasteiger partial charge in [0.1, 0.15) is 5.82 Å². The highest BCUT2D eigenvalue weighted by Crippen LogP contribution is 2.42. The molecule has 1 aliphatic heterocycles. The molecule has 7 heteroatoms. The molecule has 1 aromatic carbocycles. The number of nitrogens with zero attached hydrogens (tertiary/aromatic N) is 1. The molecule has 1 saturated carbocycles. The number of hydrogen-bond donors (Lipinski definition) is 1. The van der Waals surface area contributed by atoms with Crippen LogP contribution in [0.3, 0.4) is 0 Å². The molecule has 2 nitrogen and oxygen atoms in total. The van der Waals surface area contributed by atoms with Crippen LogP contribution in [0.25, 0.3) is 0 Å². The zero-order valence-electron chi connectivity index (χ0n) is 13.4. The first kappa shape index (κ1) is 19.5. The normalized spacial score (nSPS) is 21.5. The molecule has 24 heavy (non-hydrogen) atoms. The number of nitrogens with one attached hydrogen (secondary N) is 1. The van der Waals surface area contributed by atoms with Gasteiger partial charge in [0.05, 0.1) is 5.56 Å². The van der Waals surface area contributed by atoms with Crippen LogP contribution in [0.1, 0.15) is 42.9 Å². The van der Waals surface area contributed by atoms with E-state index in [2.05, 4.69) is 10.2 Å². The van der Waals surface area contributed by atoms with E-state index in [1.54, 1.807) is 0 Å². The van der Waals surface area contributed by atoms with Gasteiger partial charge in [-0.05, 0) is 24.8 Å². The summed E-state index contributed by atoms with van der Waals surface area (Å²) in [4.78, 5) is 2.16. The van der Waals surface area contributed by atoms with Gasteiger partial charge in [0.25, 0.3) is 0 Å². The monoisotopic (exact) mass is 366 g/mol. The average Bonchev–Trinajstić information content (AvgIpc) is 3.03. The molecule has 0 spiro atoms. The number of hydrogen-bond acceptors (Lipinski definition) is 2. The van der Waals surface area contributed by atoms with Crippen LogP contribution in [0.4, 0.5) is 17.6 Å². The van der Waals surface area contributed by atoms with Crippen LogP contribution in [0.15, 0.2) is 18.2 Å². The fourth-order valence-corrected chi connectivity index (χ4v) is 3.98. The molecule has 136 valence electrons. The maximum absolute atomic E-state index is 14.7. The Labute approximate surface area is 146 Å². The maximum atomic E-state index is 14.7. The third-order valence-corrected chi connectivity index (χ3v) is 5.04. The zero-order valence-corrected chi connectivity index (χ0v) is 14.2. The highest BCUT2D eigenvalue weighted by atomic mass is 35.5. The van der Waals surface area contributed by atoms with Crippen molar-refractivity contribution in [3.8, 4) is 0 Å². The lowest BCUT2D eigenvalue weighted by Gasteiger charge is -2.39. The molecule has 0 unspecified atom stereocenters. The second kappa shape index (κ2) is 8.02. The first-order valence-electron chi connectivity index (χ1n) is 8.29. The van der Waals surface area contributed by atoms with E-state index in [9.17, 15) is 17.6 Å². The topological polar surface area (TPSA) is 15.3 Å². The van der Waals surface area contributed by atoms with Gasteiger partial charge in [0.2, 0.25) is 0 Å². The number of benzene rings is 1. The van der Waals surface area contributed by atoms with Crippen molar-refractivity contribution >= 4 is 12.4 Å². The predicted molar refractivity (Wildman–Crippen MR) is 87.8 cm³/mol. The lowest BCUT2D eigenvalue weighted by atomic mass is 9.88. The van der Waals surface area contributed by atoms with Gasteiger partial charge in [-0.15, -0.1) is 12.4 Å². The predicted octanol–water partition coefficient (Wildman–Crippen LogP) is 4.40. The van der Waals surface area contributed by atoms with Crippen molar-refractivity contribution in [3.05, 3.63) is 35.1 Å². The quantitative estimate of drug-likeness (QED) is 0.797. The van der Waals surface area contributed by atoms with Gasteiger partial charge in [0, 0.05) is 37.8 Å². The van der Waals surface area contributed by atoms with Crippen molar-refractivity contribution in [1.29, 1.82) is 0 Å². The molecule has 1 N–H and O–H groups in total. The molecular weight excluding hydrogens is 344 g/mol. The summed E-state index contributed by atoms with van der Waals surface area (Å²) in [5.41, 5.74) is -0.929. The highest BCUT2D eigenvalue weighted by molar-refractivity contribution is 5.85. The molecule has 1 aliphatic carbocycles. The Hall–Kier alpha value is -0.850. The Bertz CT molecular complexity index is 538. The first-order chi connectivity index (χ1) is 11.0. The largest absolute Gasteiger partial charge is 0.419 e. The molecule has 1 heterocycles. The Morgan fingerprint density at radius 2 is 1.71 bits per heavy atom. The Balaban J connectivity index is 0.00000208. The molecular formula is C17H23ClF4N2. The van der Waals surface area contributed by atoms with E-state index in [1.165, 1.54) is 12.1 Å². The summed E-state index contributed by atoms with van der Waals surface area (Å²) in [5, 5.41) is 3.25. The van der Waals surface area contributed by atoms with Crippen LogP contribution in [0, 0.1) is 11.7 Å². The van der Waals surface area contributed by atoms with Crippen LogP contribution in [0.5, 0.6) is 0 Å². The molecule has 1 saturated heterocycles. The molecule has 0 amide bonds. The second-order valence-corrected chi connectivity index (χ2v) is 6.48. The smallest absolute Gasteiger partial charge is 0.314 e. The number of alkyl halides is 3. The molecule has 0 radical (unpaired) electrons. The molecule has 2 aliphatic rings. The van der Waals surface area contributed by atoms with E-state index in [4.69, 9.17) is 0 Å². The lowest BCUT2D eigenvalue weighted by Crippen LogP contribution is -2.47. The Kier molecular flexibility index (Phi) is 6.51. The van der Waals surface area contributed by atoms with Gasteiger partial charge in [-0.3, -0.25) is 4.90 Å². The highest BCUT2D eigenvalue weighted by Gasteiger charge is 2.39. The van der Waals surface area contributed by atoms with Gasteiger partial charge in [-0.2, -0.15) is 13.2 Å². The van der Waals surface area contributed by atoms with Gasteiger partial charge < -0.3 is 5.32 Å². The molecule has 2 fully saturated rings. The number of piperazine rings is 1. The minimum Gasteiger partial charge on any atom is -0.314 e. The van der Waals surface area contributed by atoms with E-state index in [1.807, 2.05) is 0 Å². The SMILES string of the molecule is Cl.Fc1c([C@@H](C2CCCC2)N2CCNCC2)cccc1C(F)(F)F. The molecule has 3 rings (SSSR count). The summed E-state index contributed by atoms with van der Waals surface area (Å²) in [6.45, 7) is 3.08. The summed E-state index contributed by atoms with van der Waals surface area (Å²) in [6, 6.07) is 3.46. The standard InChI is InChI=1S/C17H22F4N2.ClH/c18-15-13(6-3-7-14(15)17(19,20)21)16(12-4-1-2-5-12)23-10-8-22-9-11-23;/h3,6-7,12,16,22H,1-2,4-5,8-11H2;1H/t16-;/m1./s1. The van der Waals surface area contributed by atoms with Crippen molar-refractivity contribution in [3.63, 3.8) is 0 Å². The minimum absolute atomic E-state index is 0. The summed E-state index contributed by atoms with van der Waals surface area (Å²) >= 11 is 0. The summed E-state index contributed by atoms with van der Waals surface area (Å²) < 4.78 is 53.8. The maximum Gasteiger partial charge on any atom is 0.419 e. The van der Waals surface area contributed by atoms with E-state index >= 15 is 0 Å². The number of halogens is 5. The van der Waals surface area contributed by atoms with Crippen LogP contribution in [-0.2, 0) is 6.18 Å². The van der Waals surface area contributed by atoms with Gasteiger partial charge in [-0.1, -0.05) is 25.0 Å². The van der Waals surface area contributed by atoms with Crippen molar-refractivity contribution in [1.82, 2.24) is 10.2 Å². The molecule has 0 aromatic heterocycles. The van der Waals surface area contributed by atoms with Crippen LogP contribution in [-0.4, -0.2) is 31.1 Å². The third kappa shape index (κ3) is 4.03. The van der Waals surface area contributed by atoms with E-state index in [0.29, 0.717) is 0 Å². The van der Waals surface area contributed by atoms with Crippen LogP contribution in [0.2, 0.25) is 0 Å². The fourth-order valence-electron chi connectivity index (χ4n) is 3.98. The summed E-state index contributed by atoms with van der Waals surface area (Å²) in [7, 11) is 0. The van der Waals surface area contributed by atoms with Crippen molar-refractivity contribution in [2.75, 3.05) is 26.2 Å². The van der Waals surface area contributed by atoms with Crippen molar-refractivity contribution < 1.29 is 17.6 Å². The Morgan fingerprint density at radius 3 is 2.29 bits per heavy atom. The lowest BCUT2D eigenvalue weighted by molar-refractivity contribution is -0.140. The Morgan fingerprint density at radius 1 is 1.08 bits per heavy atom. The fraction of sp³-hybridized carbons (Fsp3) is 0.647. The van der Waals surface area contributed by atoms with Crippen molar-refractivity contribution in [2.24, 2.45) is 5.92 Å². The molecule has 1 atom stereocenters. The zero-order chi connectivity index (χ0) is 16.4. The minimum atomic E-state index is -4.65. The molecule has 0 bridgehead atoms. The van der Waals surface area contributed by atoms with Gasteiger partial charge in [-0.25, -0.2) is 4.39 Å². The molecule has 1 aromatic rings. The van der Waals surface area contributed by atoms with Gasteiger partial charge >= 0.3 is 6.18 Å². The summed E-state index contributed by atoms with van der Waals surface area (Å²) in [6.07, 6.45) is -0.569. The van der Waals surface area contributed by atoms with Crippen molar-refractivity contribution in [2.45, 2.75) is 37.9 Å². The van der Waals surface area contributed by atoms with Crippen LogP contribution >= 0.6 is 12.4 Å². The van der Waals surface area contributed by atoms with E-state index in [0.717, 1.165) is 57.9 Å². The van der Waals surface area contributed by atoms with E-state index in [-0.39, 0.29) is 29.9 Å². The second-order valence-electron chi connectivity index (χ2n) is 6.48. The van der Waals surface area contributed by atoms with Crippen LogP contribution < -0.4 is 5.32 Å². The number of rotatable bonds is 3. The van der Waals surface area contributed by atoms with Gasteiger partial charge in [0.15, 0.2) is 0 Å².